The fourth-order valence-corrected chi connectivity index (χ4v) is 5.00. The largest absolute Gasteiger partial charge is 0.491 e. The third kappa shape index (κ3) is 4.68. The number of aromatic amines is 1. The summed E-state index contributed by atoms with van der Waals surface area (Å²) < 4.78 is 5.99. The summed E-state index contributed by atoms with van der Waals surface area (Å²) >= 11 is 14.5. The molecule has 32 heavy (non-hydrogen) atoms. The van der Waals surface area contributed by atoms with Gasteiger partial charge in [-0.1, -0.05) is 37.0 Å². The maximum atomic E-state index is 6.58. The minimum Gasteiger partial charge on any atom is -0.491 e. The van der Waals surface area contributed by atoms with Gasteiger partial charge in [0.25, 0.3) is 0 Å². The number of hydrogen-bond acceptors (Lipinski definition) is 7. The SMILES string of the molecule is CCN(CC)CCOc1cc(-c2nc(N)nc3sc(-c4cc(C)n[nH]4)cc23)c(Cl)cc1Cl. The Balaban J connectivity index is 1.73. The number of nitrogens with one attached hydrogen (secondary N) is 1. The summed E-state index contributed by atoms with van der Waals surface area (Å²) in [5, 5.41) is 9.03. The summed E-state index contributed by atoms with van der Waals surface area (Å²) in [7, 11) is 0. The molecule has 3 heterocycles. The number of nitrogen functional groups attached to an aromatic ring is 1. The van der Waals surface area contributed by atoms with E-state index in [0.29, 0.717) is 33.7 Å². The van der Waals surface area contributed by atoms with Crippen molar-refractivity contribution in [3.8, 4) is 27.6 Å². The maximum Gasteiger partial charge on any atom is 0.221 e. The Morgan fingerprint density at radius 1 is 1.09 bits per heavy atom. The molecule has 0 saturated carbocycles. The van der Waals surface area contributed by atoms with E-state index in [9.17, 15) is 0 Å². The van der Waals surface area contributed by atoms with Gasteiger partial charge in [-0.2, -0.15) is 5.10 Å². The molecule has 0 bridgehead atoms. The van der Waals surface area contributed by atoms with Crippen LogP contribution in [0.4, 0.5) is 5.95 Å². The quantitative estimate of drug-likeness (QED) is 0.330. The van der Waals surface area contributed by atoms with Crippen LogP contribution in [0.1, 0.15) is 19.5 Å². The van der Waals surface area contributed by atoms with Crippen molar-refractivity contribution in [3.05, 3.63) is 40.0 Å². The summed E-state index contributed by atoms with van der Waals surface area (Å²) in [5.41, 5.74) is 9.19. The van der Waals surface area contributed by atoms with E-state index >= 15 is 0 Å². The lowest BCUT2D eigenvalue weighted by atomic mass is 10.1. The molecule has 3 aromatic heterocycles. The number of aryl methyl sites for hydroxylation is 1. The Kier molecular flexibility index (Phi) is 6.85. The van der Waals surface area contributed by atoms with Crippen LogP contribution in [0.15, 0.2) is 24.3 Å². The number of aromatic nitrogens is 4. The van der Waals surface area contributed by atoms with E-state index in [2.05, 4.69) is 38.9 Å². The Labute approximate surface area is 200 Å². The molecule has 0 fully saturated rings. The highest BCUT2D eigenvalue weighted by Crippen LogP contribution is 2.41. The number of likely N-dealkylation sites (N-methyl/N-ethyl adjacent to an activating group) is 1. The molecule has 0 spiro atoms. The van der Waals surface area contributed by atoms with E-state index in [4.69, 9.17) is 33.7 Å². The Hall–Kier alpha value is -2.39. The minimum absolute atomic E-state index is 0.178. The van der Waals surface area contributed by atoms with Gasteiger partial charge in [0, 0.05) is 17.5 Å². The molecule has 1 aromatic carbocycles. The monoisotopic (exact) mass is 490 g/mol. The topological polar surface area (TPSA) is 92.9 Å². The van der Waals surface area contributed by atoms with Crippen molar-refractivity contribution in [3.63, 3.8) is 0 Å². The Morgan fingerprint density at radius 3 is 2.56 bits per heavy atom. The lowest BCUT2D eigenvalue weighted by molar-refractivity contribution is 0.223. The summed E-state index contributed by atoms with van der Waals surface area (Å²) in [6, 6.07) is 7.51. The van der Waals surface area contributed by atoms with Gasteiger partial charge in [-0.15, -0.1) is 11.3 Å². The highest BCUT2D eigenvalue weighted by molar-refractivity contribution is 7.21. The number of rotatable bonds is 8. The predicted octanol–water partition coefficient (Wildman–Crippen LogP) is 5.67. The molecule has 0 radical (unpaired) electrons. The lowest BCUT2D eigenvalue weighted by Crippen LogP contribution is -2.27. The second-order valence-electron chi connectivity index (χ2n) is 7.32. The Morgan fingerprint density at radius 2 is 1.88 bits per heavy atom. The Bertz CT molecular complexity index is 1250. The van der Waals surface area contributed by atoms with E-state index in [1.54, 1.807) is 6.07 Å². The van der Waals surface area contributed by atoms with Crippen LogP contribution in [0, 0.1) is 6.92 Å². The number of benzene rings is 1. The van der Waals surface area contributed by atoms with Gasteiger partial charge in [-0.3, -0.25) is 5.10 Å². The normalized spacial score (nSPS) is 11.6. The van der Waals surface area contributed by atoms with Crippen molar-refractivity contribution in [1.29, 1.82) is 0 Å². The van der Waals surface area contributed by atoms with Gasteiger partial charge >= 0.3 is 0 Å². The fourth-order valence-electron chi connectivity index (χ4n) is 3.47. The zero-order valence-corrected chi connectivity index (χ0v) is 20.4. The molecule has 7 nitrogen and oxygen atoms in total. The molecular formula is C22H24Cl2N6OS. The molecule has 0 atom stereocenters. The first-order chi connectivity index (χ1) is 15.4. The van der Waals surface area contributed by atoms with Gasteiger partial charge in [-0.25, -0.2) is 9.97 Å². The number of fused-ring (bicyclic) bond motifs is 1. The number of H-pyrrole nitrogens is 1. The molecule has 168 valence electrons. The van der Waals surface area contributed by atoms with Gasteiger partial charge in [0.1, 0.15) is 17.2 Å². The van der Waals surface area contributed by atoms with Crippen LogP contribution in [0.5, 0.6) is 5.75 Å². The van der Waals surface area contributed by atoms with Crippen molar-refractivity contribution in [2.75, 3.05) is 32.0 Å². The van der Waals surface area contributed by atoms with Crippen LogP contribution in [0.3, 0.4) is 0 Å². The number of hydrogen-bond donors (Lipinski definition) is 2. The molecule has 0 aliphatic carbocycles. The fraction of sp³-hybridized carbons (Fsp3) is 0.318. The number of anilines is 1. The second-order valence-corrected chi connectivity index (χ2v) is 9.17. The maximum absolute atomic E-state index is 6.58. The summed E-state index contributed by atoms with van der Waals surface area (Å²) in [5.74, 6) is 0.736. The van der Waals surface area contributed by atoms with E-state index in [1.165, 1.54) is 11.3 Å². The van der Waals surface area contributed by atoms with Crippen molar-refractivity contribution < 1.29 is 4.74 Å². The predicted molar refractivity (Wildman–Crippen MR) is 133 cm³/mol. The second kappa shape index (κ2) is 9.62. The highest BCUT2D eigenvalue weighted by atomic mass is 35.5. The smallest absolute Gasteiger partial charge is 0.221 e. The first-order valence-electron chi connectivity index (χ1n) is 10.3. The number of ether oxygens (including phenoxy) is 1. The molecular weight excluding hydrogens is 467 g/mol. The van der Waals surface area contributed by atoms with Crippen LogP contribution in [0.25, 0.3) is 32.0 Å². The molecule has 0 amide bonds. The van der Waals surface area contributed by atoms with Crippen molar-refractivity contribution in [1.82, 2.24) is 25.1 Å². The molecule has 10 heteroatoms. The van der Waals surface area contributed by atoms with Crippen LogP contribution in [-0.4, -0.2) is 51.3 Å². The average Bonchev–Trinajstić information content (AvgIpc) is 3.38. The standard InChI is InChI=1S/C22H24Cl2N6OS/c1-4-30(5-2)6-7-31-18-9-13(15(23)11-16(18)24)20-14-10-19(17-8-12(3)28-29-17)32-21(14)27-22(25)26-20/h8-11H,4-7H2,1-3H3,(H,28,29)(H2,25,26,27). The van der Waals surface area contributed by atoms with Gasteiger partial charge in [0.15, 0.2) is 0 Å². The molecule has 0 aliphatic heterocycles. The minimum atomic E-state index is 0.178. The highest BCUT2D eigenvalue weighted by Gasteiger charge is 2.18. The van der Waals surface area contributed by atoms with Gasteiger partial charge in [0.05, 0.1) is 32.0 Å². The van der Waals surface area contributed by atoms with E-state index < -0.39 is 0 Å². The van der Waals surface area contributed by atoms with Crippen molar-refractivity contribution in [2.24, 2.45) is 0 Å². The number of nitrogens with two attached hydrogens (primary N) is 1. The summed E-state index contributed by atoms with van der Waals surface area (Å²) in [4.78, 5) is 13.0. The molecule has 0 unspecified atom stereocenters. The number of thiophene rings is 1. The van der Waals surface area contributed by atoms with Crippen molar-refractivity contribution in [2.45, 2.75) is 20.8 Å². The van der Waals surface area contributed by atoms with Crippen LogP contribution < -0.4 is 10.5 Å². The molecule has 4 aromatic rings. The summed E-state index contributed by atoms with van der Waals surface area (Å²) in [6.45, 7) is 9.45. The summed E-state index contributed by atoms with van der Waals surface area (Å²) in [6.07, 6.45) is 0. The molecule has 3 N–H and O–H groups in total. The van der Waals surface area contributed by atoms with Gasteiger partial charge in [0.2, 0.25) is 5.95 Å². The lowest BCUT2D eigenvalue weighted by Gasteiger charge is -2.19. The average molecular weight is 491 g/mol. The molecule has 0 aliphatic rings. The van der Waals surface area contributed by atoms with Crippen LogP contribution in [0.2, 0.25) is 10.0 Å². The van der Waals surface area contributed by atoms with Gasteiger partial charge < -0.3 is 15.4 Å². The van der Waals surface area contributed by atoms with Gasteiger partial charge in [-0.05, 0) is 44.3 Å². The zero-order valence-electron chi connectivity index (χ0n) is 18.1. The first-order valence-corrected chi connectivity index (χ1v) is 11.9. The van der Waals surface area contributed by atoms with E-state index in [1.807, 2.05) is 25.1 Å². The number of halogens is 2. The third-order valence-corrected chi connectivity index (χ3v) is 6.89. The van der Waals surface area contributed by atoms with Crippen LogP contribution >= 0.6 is 34.5 Å². The first kappa shape index (κ1) is 22.8. The molecule has 0 saturated heterocycles. The number of nitrogens with zero attached hydrogens (tertiary/aromatic N) is 4. The van der Waals surface area contributed by atoms with Crippen LogP contribution in [-0.2, 0) is 0 Å². The zero-order chi connectivity index (χ0) is 22.8. The third-order valence-electron chi connectivity index (χ3n) is 5.22. The van der Waals surface area contributed by atoms with E-state index in [-0.39, 0.29) is 5.95 Å². The van der Waals surface area contributed by atoms with Crippen molar-refractivity contribution >= 4 is 50.7 Å². The van der Waals surface area contributed by atoms with E-state index in [0.717, 1.165) is 46.1 Å². The molecule has 4 rings (SSSR count).